The maximum absolute atomic E-state index is 12.8. The molecule has 0 unspecified atom stereocenters. The fourth-order valence-electron chi connectivity index (χ4n) is 2.53. The molecule has 0 N–H and O–H groups in total. The Morgan fingerprint density at radius 2 is 1.68 bits per heavy atom. The van der Waals surface area contributed by atoms with E-state index >= 15 is 0 Å². The van der Waals surface area contributed by atoms with Crippen molar-refractivity contribution in [3.63, 3.8) is 0 Å². The Bertz CT molecular complexity index is 534. The zero-order chi connectivity index (χ0) is 19.3. The predicted octanol–water partition coefficient (Wildman–Crippen LogP) is 5.60. The van der Waals surface area contributed by atoms with E-state index in [1.54, 1.807) is 0 Å². The summed E-state index contributed by atoms with van der Waals surface area (Å²) in [4.78, 5) is 12.8. The monoisotopic (exact) mass is 364 g/mol. The van der Waals surface area contributed by atoms with Crippen LogP contribution < -0.4 is 0 Å². The average Bonchev–Trinajstić information content (AvgIpc) is 2.56. The number of rotatable bonds is 9. The molecule has 1 aromatic rings. The number of Topliss-reactive ketones (excluding diaryl/α,β-unsaturated/α-hetero) is 1. The van der Waals surface area contributed by atoms with Gasteiger partial charge in [0.15, 0.2) is 14.1 Å². The third-order valence-electron chi connectivity index (χ3n) is 5.40. The molecule has 0 saturated heterocycles. The van der Waals surface area contributed by atoms with Crippen molar-refractivity contribution in [1.29, 1.82) is 0 Å². The van der Waals surface area contributed by atoms with Crippen LogP contribution in [0.1, 0.15) is 53.5 Å². The van der Waals surface area contributed by atoms with E-state index in [-0.39, 0.29) is 22.8 Å². The third kappa shape index (κ3) is 6.35. The third-order valence-corrected chi connectivity index (χ3v) is 9.91. The number of carbonyl (C=O) groups is 1. The number of hydrogen-bond donors (Lipinski definition) is 0. The fourth-order valence-corrected chi connectivity index (χ4v) is 4.01. The Labute approximate surface area is 155 Å². The topological polar surface area (TPSA) is 35.5 Å². The normalized spacial score (nSPS) is 16.3. The molecule has 0 aliphatic heterocycles. The van der Waals surface area contributed by atoms with E-state index in [0.29, 0.717) is 6.61 Å². The fraction of sp³-hybridized carbons (Fsp3) is 0.667. The lowest BCUT2D eigenvalue weighted by Crippen LogP contribution is -2.47. The van der Waals surface area contributed by atoms with Crippen LogP contribution in [0.5, 0.6) is 0 Å². The highest BCUT2D eigenvalue weighted by atomic mass is 28.4. The standard InChI is InChI=1S/C21H36O3Si/c1-9-19(24-25(7,8)21(4,5)6)16(2)20(22)17(3)23-15-18-13-11-10-12-14-18/h10-14,16-17,19H,9,15H2,1-8H3/t16-,17+,19+/m1/s1. The van der Waals surface area contributed by atoms with E-state index in [1.165, 1.54) is 0 Å². The van der Waals surface area contributed by atoms with Gasteiger partial charge in [-0.2, -0.15) is 0 Å². The molecule has 0 aliphatic carbocycles. The highest BCUT2D eigenvalue weighted by Gasteiger charge is 2.41. The second kappa shape index (κ2) is 9.11. The molecule has 3 atom stereocenters. The molecule has 1 aromatic carbocycles. The molecule has 0 saturated carbocycles. The molecule has 1 rings (SSSR count). The van der Waals surface area contributed by atoms with E-state index in [9.17, 15) is 4.79 Å². The lowest BCUT2D eigenvalue weighted by atomic mass is 9.95. The van der Waals surface area contributed by atoms with Gasteiger partial charge in [0, 0.05) is 5.92 Å². The molecular formula is C21H36O3Si. The molecular weight excluding hydrogens is 328 g/mol. The van der Waals surface area contributed by atoms with Gasteiger partial charge >= 0.3 is 0 Å². The van der Waals surface area contributed by atoms with Crippen molar-refractivity contribution in [2.24, 2.45) is 5.92 Å². The first kappa shape index (κ1) is 22.1. The zero-order valence-electron chi connectivity index (χ0n) is 17.3. The van der Waals surface area contributed by atoms with E-state index in [1.807, 2.05) is 44.2 Å². The van der Waals surface area contributed by atoms with Crippen molar-refractivity contribution in [2.45, 2.75) is 84.9 Å². The molecule has 0 aromatic heterocycles. The van der Waals surface area contributed by atoms with E-state index in [4.69, 9.17) is 9.16 Å². The van der Waals surface area contributed by atoms with Crippen molar-refractivity contribution in [3.05, 3.63) is 35.9 Å². The summed E-state index contributed by atoms with van der Waals surface area (Å²) in [5.41, 5.74) is 1.08. The maximum atomic E-state index is 12.8. The van der Waals surface area contributed by atoms with Crippen molar-refractivity contribution in [3.8, 4) is 0 Å². The number of carbonyl (C=O) groups excluding carboxylic acids is 1. The van der Waals surface area contributed by atoms with Gasteiger partial charge in [-0.15, -0.1) is 0 Å². The molecule has 0 aliphatic rings. The second-order valence-corrected chi connectivity index (χ2v) is 13.2. The van der Waals surface area contributed by atoms with Crippen molar-refractivity contribution >= 4 is 14.1 Å². The summed E-state index contributed by atoms with van der Waals surface area (Å²) in [6.45, 7) is 17.5. The molecule has 0 bridgehead atoms. The summed E-state index contributed by atoms with van der Waals surface area (Å²) < 4.78 is 12.3. The number of ketones is 1. The first-order valence-electron chi connectivity index (χ1n) is 9.36. The average molecular weight is 365 g/mol. The van der Waals surface area contributed by atoms with Gasteiger partial charge < -0.3 is 9.16 Å². The lowest BCUT2D eigenvalue weighted by Gasteiger charge is -2.40. The Morgan fingerprint density at radius 3 is 2.16 bits per heavy atom. The second-order valence-electron chi connectivity index (χ2n) is 8.45. The quantitative estimate of drug-likeness (QED) is 0.535. The van der Waals surface area contributed by atoms with Crippen LogP contribution >= 0.6 is 0 Å². The largest absolute Gasteiger partial charge is 0.413 e. The molecule has 0 heterocycles. The summed E-state index contributed by atoms with van der Waals surface area (Å²) in [5, 5.41) is 0.138. The molecule has 0 spiro atoms. The van der Waals surface area contributed by atoms with Gasteiger partial charge in [0.05, 0.1) is 12.7 Å². The molecule has 4 heteroatoms. The highest BCUT2D eigenvalue weighted by Crippen LogP contribution is 2.38. The molecule has 142 valence electrons. The van der Waals surface area contributed by atoms with Crippen molar-refractivity contribution < 1.29 is 14.0 Å². The lowest BCUT2D eigenvalue weighted by molar-refractivity contribution is -0.137. The van der Waals surface area contributed by atoms with Crippen LogP contribution in [-0.4, -0.2) is 26.3 Å². The minimum absolute atomic E-state index is 0.0452. The van der Waals surface area contributed by atoms with Crippen LogP contribution in [0.3, 0.4) is 0 Å². The van der Waals surface area contributed by atoms with Gasteiger partial charge in [-0.1, -0.05) is 65.0 Å². The van der Waals surface area contributed by atoms with Crippen molar-refractivity contribution in [2.75, 3.05) is 0 Å². The molecule has 0 radical (unpaired) electrons. The van der Waals surface area contributed by atoms with Gasteiger partial charge in [0.1, 0.15) is 6.10 Å². The van der Waals surface area contributed by atoms with E-state index < -0.39 is 14.4 Å². The Balaban J connectivity index is 2.68. The molecule has 3 nitrogen and oxygen atoms in total. The first-order chi connectivity index (χ1) is 11.5. The number of hydrogen-bond acceptors (Lipinski definition) is 3. The maximum Gasteiger partial charge on any atom is 0.192 e. The Hall–Kier alpha value is -0.973. The minimum atomic E-state index is -1.90. The molecule has 0 amide bonds. The Kier molecular flexibility index (Phi) is 8.04. The molecule has 0 fully saturated rings. The van der Waals surface area contributed by atoms with Gasteiger partial charge in [0.2, 0.25) is 0 Å². The van der Waals surface area contributed by atoms with Gasteiger partial charge in [-0.25, -0.2) is 0 Å². The summed E-state index contributed by atoms with van der Waals surface area (Å²) >= 11 is 0. The van der Waals surface area contributed by atoms with E-state index in [0.717, 1.165) is 12.0 Å². The summed E-state index contributed by atoms with van der Waals surface area (Å²) in [6, 6.07) is 9.96. The predicted molar refractivity (Wildman–Crippen MR) is 107 cm³/mol. The molecule has 25 heavy (non-hydrogen) atoms. The summed E-state index contributed by atoms with van der Waals surface area (Å²) in [7, 11) is -1.90. The smallest absolute Gasteiger partial charge is 0.192 e. The Morgan fingerprint density at radius 1 is 1.12 bits per heavy atom. The van der Waals surface area contributed by atoms with Crippen molar-refractivity contribution in [1.82, 2.24) is 0 Å². The first-order valence-corrected chi connectivity index (χ1v) is 12.3. The van der Waals surface area contributed by atoms with Crippen LogP contribution in [0.25, 0.3) is 0 Å². The van der Waals surface area contributed by atoms with Crippen LogP contribution in [0.2, 0.25) is 18.1 Å². The van der Waals surface area contributed by atoms with Crippen LogP contribution in [0.4, 0.5) is 0 Å². The van der Waals surface area contributed by atoms with Gasteiger partial charge in [-0.3, -0.25) is 4.79 Å². The van der Waals surface area contributed by atoms with Crippen LogP contribution in [0, 0.1) is 5.92 Å². The number of ether oxygens (including phenoxy) is 1. The summed E-state index contributed by atoms with van der Waals surface area (Å²) in [5.74, 6) is -0.0358. The number of benzene rings is 1. The highest BCUT2D eigenvalue weighted by molar-refractivity contribution is 6.74. The van der Waals surface area contributed by atoms with E-state index in [2.05, 4.69) is 40.8 Å². The summed E-state index contributed by atoms with van der Waals surface area (Å²) in [6.07, 6.45) is 0.369. The van der Waals surface area contributed by atoms with Crippen LogP contribution in [-0.2, 0) is 20.6 Å². The van der Waals surface area contributed by atoms with Gasteiger partial charge in [-0.05, 0) is 37.0 Å². The zero-order valence-corrected chi connectivity index (χ0v) is 18.3. The SMILES string of the molecule is CC[C@H](O[Si](C)(C)C(C)(C)C)[C@@H](C)C(=O)[C@H](C)OCc1ccccc1. The van der Waals surface area contributed by atoms with Crippen LogP contribution in [0.15, 0.2) is 30.3 Å². The van der Waals surface area contributed by atoms with Gasteiger partial charge in [0.25, 0.3) is 0 Å². The minimum Gasteiger partial charge on any atom is -0.413 e.